The zero-order valence-corrected chi connectivity index (χ0v) is 11.2. The maximum absolute atomic E-state index is 5.30. The van der Waals surface area contributed by atoms with Gasteiger partial charge in [0.2, 0.25) is 0 Å². The Balaban J connectivity index is 2.95. The molecule has 2 nitrogen and oxygen atoms in total. The number of rotatable bonds is 3. The van der Waals surface area contributed by atoms with E-state index in [1.165, 1.54) is 12.1 Å². The summed E-state index contributed by atoms with van der Waals surface area (Å²) in [4.78, 5) is 3.15. The minimum Gasteiger partial charge on any atom is -0.337 e. The number of aromatic nitrogens is 2. The fourth-order valence-corrected chi connectivity index (χ4v) is 1.87. The predicted octanol–water partition coefficient (Wildman–Crippen LogP) is 3.89. The topological polar surface area (TPSA) is 20.7 Å². The second kappa shape index (κ2) is 4.52. The van der Waals surface area contributed by atoms with Crippen LogP contribution in [0, 0.1) is 10.7 Å². The Bertz CT molecular complexity index is 366. The molecule has 0 saturated heterocycles. The molecule has 0 bridgehead atoms. The number of nitrogens with zero attached hydrogens (tertiary/aromatic N) is 1. The predicted molar refractivity (Wildman–Crippen MR) is 67.8 cm³/mol. The van der Waals surface area contributed by atoms with Crippen molar-refractivity contribution in [2.24, 2.45) is 5.92 Å². The Kier molecular flexibility index (Phi) is 3.77. The molecule has 1 aromatic rings. The zero-order valence-electron chi connectivity index (χ0n) is 10.4. The monoisotopic (exact) mass is 226 g/mol. The fraction of sp³-hybridized carbons (Fsp3) is 0.750. The molecule has 1 rings (SSSR count). The van der Waals surface area contributed by atoms with E-state index < -0.39 is 0 Å². The summed E-state index contributed by atoms with van der Waals surface area (Å²) in [6, 6.07) is 0. The lowest BCUT2D eigenvalue weighted by atomic mass is 9.92. The fourth-order valence-electron chi connectivity index (χ4n) is 1.63. The largest absolute Gasteiger partial charge is 0.337 e. The molecule has 0 amide bonds. The third-order valence-corrected chi connectivity index (χ3v) is 2.91. The molecule has 0 aliphatic rings. The number of imidazole rings is 1. The highest BCUT2D eigenvalue weighted by Crippen LogP contribution is 2.22. The minimum absolute atomic E-state index is 0.157. The van der Waals surface area contributed by atoms with Crippen LogP contribution >= 0.6 is 12.2 Å². The van der Waals surface area contributed by atoms with Gasteiger partial charge in [0.15, 0.2) is 4.77 Å². The van der Waals surface area contributed by atoms with E-state index in [2.05, 4.69) is 44.2 Å². The van der Waals surface area contributed by atoms with Crippen LogP contribution in [-0.2, 0) is 12.0 Å². The SMILES string of the molecule is CC(C)CCn1c(C(C)(C)C)c[nH]c1=S. The van der Waals surface area contributed by atoms with Crippen LogP contribution in [0.4, 0.5) is 0 Å². The summed E-state index contributed by atoms with van der Waals surface area (Å²) in [5, 5.41) is 0. The van der Waals surface area contributed by atoms with E-state index in [0.717, 1.165) is 17.2 Å². The molecule has 0 fully saturated rings. The Hall–Kier alpha value is -0.570. The first-order chi connectivity index (χ1) is 6.82. The Morgan fingerprint density at radius 1 is 1.40 bits per heavy atom. The van der Waals surface area contributed by atoms with Crippen molar-refractivity contribution in [1.29, 1.82) is 0 Å². The summed E-state index contributed by atoms with van der Waals surface area (Å²) >= 11 is 5.30. The lowest BCUT2D eigenvalue weighted by molar-refractivity contribution is 0.465. The van der Waals surface area contributed by atoms with Crippen LogP contribution in [-0.4, -0.2) is 9.55 Å². The van der Waals surface area contributed by atoms with Crippen LogP contribution in [0.1, 0.15) is 46.7 Å². The molecular weight excluding hydrogens is 204 g/mol. The van der Waals surface area contributed by atoms with E-state index in [9.17, 15) is 0 Å². The highest BCUT2D eigenvalue weighted by molar-refractivity contribution is 7.71. The van der Waals surface area contributed by atoms with Crippen molar-refractivity contribution in [2.45, 2.75) is 53.0 Å². The third-order valence-electron chi connectivity index (χ3n) is 2.57. The van der Waals surface area contributed by atoms with Crippen LogP contribution in [0.2, 0.25) is 0 Å². The maximum Gasteiger partial charge on any atom is 0.177 e. The Morgan fingerprint density at radius 2 is 2.00 bits per heavy atom. The number of H-pyrrole nitrogens is 1. The highest BCUT2D eigenvalue weighted by Gasteiger charge is 2.18. The van der Waals surface area contributed by atoms with Gasteiger partial charge in [-0.25, -0.2) is 0 Å². The molecule has 15 heavy (non-hydrogen) atoms. The number of hydrogen-bond acceptors (Lipinski definition) is 1. The van der Waals surface area contributed by atoms with Gasteiger partial charge in [0.05, 0.1) is 0 Å². The molecule has 0 spiro atoms. The van der Waals surface area contributed by atoms with Gasteiger partial charge >= 0.3 is 0 Å². The van der Waals surface area contributed by atoms with E-state index in [1.807, 2.05) is 6.20 Å². The lowest BCUT2D eigenvalue weighted by Gasteiger charge is -2.21. The Morgan fingerprint density at radius 3 is 2.47 bits per heavy atom. The molecular formula is C12H22N2S. The van der Waals surface area contributed by atoms with Gasteiger partial charge < -0.3 is 9.55 Å². The molecule has 3 heteroatoms. The van der Waals surface area contributed by atoms with Gasteiger partial charge in [-0.2, -0.15) is 0 Å². The van der Waals surface area contributed by atoms with Crippen molar-refractivity contribution >= 4 is 12.2 Å². The van der Waals surface area contributed by atoms with E-state index in [-0.39, 0.29) is 5.41 Å². The van der Waals surface area contributed by atoms with E-state index in [1.54, 1.807) is 0 Å². The van der Waals surface area contributed by atoms with Gasteiger partial charge in [-0.1, -0.05) is 34.6 Å². The van der Waals surface area contributed by atoms with Gasteiger partial charge in [-0.3, -0.25) is 0 Å². The summed E-state index contributed by atoms with van der Waals surface area (Å²) in [7, 11) is 0. The molecule has 0 unspecified atom stereocenters. The number of nitrogens with one attached hydrogen (secondary N) is 1. The molecule has 1 N–H and O–H groups in total. The number of hydrogen-bond donors (Lipinski definition) is 1. The van der Waals surface area contributed by atoms with Crippen LogP contribution < -0.4 is 0 Å². The molecule has 0 aromatic carbocycles. The molecule has 0 saturated carbocycles. The minimum atomic E-state index is 0.157. The summed E-state index contributed by atoms with van der Waals surface area (Å²) in [5.74, 6) is 0.717. The average molecular weight is 226 g/mol. The summed E-state index contributed by atoms with van der Waals surface area (Å²) < 4.78 is 3.08. The second-order valence-corrected chi connectivity index (χ2v) is 5.95. The smallest absolute Gasteiger partial charge is 0.177 e. The van der Waals surface area contributed by atoms with E-state index in [4.69, 9.17) is 12.2 Å². The highest BCUT2D eigenvalue weighted by atomic mass is 32.1. The average Bonchev–Trinajstić information content (AvgIpc) is 2.42. The maximum atomic E-state index is 5.30. The lowest BCUT2D eigenvalue weighted by Crippen LogP contribution is -2.18. The van der Waals surface area contributed by atoms with Gasteiger partial charge in [0.1, 0.15) is 0 Å². The van der Waals surface area contributed by atoms with Crippen molar-refractivity contribution in [1.82, 2.24) is 9.55 Å². The van der Waals surface area contributed by atoms with Crippen LogP contribution in [0.15, 0.2) is 6.20 Å². The molecule has 86 valence electrons. The molecule has 0 atom stereocenters. The van der Waals surface area contributed by atoms with Crippen molar-refractivity contribution in [3.05, 3.63) is 16.7 Å². The normalized spacial score (nSPS) is 12.4. The van der Waals surface area contributed by atoms with E-state index in [0.29, 0.717) is 0 Å². The summed E-state index contributed by atoms with van der Waals surface area (Å²) in [6.45, 7) is 12.2. The van der Waals surface area contributed by atoms with Crippen molar-refractivity contribution < 1.29 is 0 Å². The van der Waals surface area contributed by atoms with Gasteiger partial charge in [-0.15, -0.1) is 0 Å². The molecule has 0 aliphatic heterocycles. The quantitative estimate of drug-likeness (QED) is 0.775. The first kappa shape index (κ1) is 12.5. The van der Waals surface area contributed by atoms with Crippen molar-refractivity contribution in [3.63, 3.8) is 0 Å². The molecule has 0 aliphatic carbocycles. The third kappa shape index (κ3) is 3.20. The molecule has 1 aromatic heterocycles. The van der Waals surface area contributed by atoms with Crippen molar-refractivity contribution in [2.75, 3.05) is 0 Å². The molecule has 0 radical (unpaired) electrons. The summed E-state index contributed by atoms with van der Waals surface area (Å²) in [6.07, 6.45) is 3.22. The van der Waals surface area contributed by atoms with Gasteiger partial charge in [-0.05, 0) is 24.6 Å². The standard InChI is InChI=1S/C12H22N2S/c1-9(2)6-7-14-10(12(3,4)5)8-13-11(14)15/h8-9H,6-7H2,1-5H3,(H,13,15). The zero-order chi connectivity index (χ0) is 11.6. The second-order valence-electron chi connectivity index (χ2n) is 5.56. The van der Waals surface area contributed by atoms with E-state index >= 15 is 0 Å². The Labute approximate surface area is 97.7 Å². The first-order valence-electron chi connectivity index (χ1n) is 5.61. The van der Waals surface area contributed by atoms with Crippen molar-refractivity contribution in [3.8, 4) is 0 Å². The van der Waals surface area contributed by atoms with Gasteiger partial charge in [0.25, 0.3) is 0 Å². The number of aromatic amines is 1. The van der Waals surface area contributed by atoms with Gasteiger partial charge in [0, 0.05) is 23.9 Å². The first-order valence-corrected chi connectivity index (χ1v) is 6.02. The van der Waals surface area contributed by atoms with Crippen LogP contribution in [0.5, 0.6) is 0 Å². The van der Waals surface area contributed by atoms with Crippen LogP contribution in [0.25, 0.3) is 0 Å². The van der Waals surface area contributed by atoms with Crippen LogP contribution in [0.3, 0.4) is 0 Å². The summed E-state index contributed by atoms with van der Waals surface area (Å²) in [5.41, 5.74) is 1.46. The molecule has 1 heterocycles.